The smallest absolute Gasteiger partial charge is 0.143 e. The van der Waals surface area contributed by atoms with Crippen LogP contribution in [0.1, 0.15) is 12.8 Å². The molecule has 0 radical (unpaired) electrons. The van der Waals surface area contributed by atoms with Gasteiger partial charge in [0.05, 0.1) is 0 Å². The molecule has 0 atom stereocenters. The molecule has 2 heteroatoms. The Kier molecular flexibility index (Phi) is 6.20. The zero-order chi connectivity index (χ0) is 35.3. The molecule has 0 bridgehead atoms. The Hall–Kier alpha value is -6.90. The summed E-state index contributed by atoms with van der Waals surface area (Å²) in [4.78, 5) is 0. The van der Waals surface area contributed by atoms with E-state index in [2.05, 4.69) is 164 Å². The van der Waals surface area contributed by atoms with Crippen molar-refractivity contribution in [3.8, 4) is 33.4 Å². The number of rotatable bonds is 3. The van der Waals surface area contributed by atoms with Crippen molar-refractivity contribution >= 4 is 88.3 Å². The van der Waals surface area contributed by atoms with E-state index in [1.54, 1.807) is 0 Å². The van der Waals surface area contributed by atoms with Crippen LogP contribution < -0.4 is 10.4 Å². The lowest BCUT2D eigenvalue weighted by molar-refractivity contribution is 0.670. The molecule has 11 aromatic rings. The molecule has 0 amide bonds. The van der Waals surface area contributed by atoms with Crippen LogP contribution in [-0.4, -0.2) is 0 Å². The number of benzene rings is 9. The molecule has 1 aliphatic rings. The molecule has 2 nitrogen and oxygen atoms in total. The van der Waals surface area contributed by atoms with Crippen LogP contribution in [0.5, 0.6) is 0 Å². The van der Waals surface area contributed by atoms with Crippen molar-refractivity contribution in [3.63, 3.8) is 0 Å². The second kappa shape index (κ2) is 11.3. The van der Waals surface area contributed by atoms with Gasteiger partial charge in [-0.25, -0.2) is 0 Å². The molecular formula is C52H32O2. The Balaban J connectivity index is 1.19. The normalized spacial score (nSPS) is 13.0. The van der Waals surface area contributed by atoms with Crippen LogP contribution in [-0.2, 0) is 0 Å². The van der Waals surface area contributed by atoms with Crippen molar-refractivity contribution in [2.45, 2.75) is 12.8 Å². The maximum atomic E-state index is 6.91. The monoisotopic (exact) mass is 688 g/mol. The van der Waals surface area contributed by atoms with Crippen molar-refractivity contribution in [3.05, 3.63) is 168 Å². The predicted octanol–water partition coefficient (Wildman–Crippen LogP) is 13.3. The SMILES string of the molecule is C1=c2c(-c3cccc(-c4ccc5ccccc5c4)c3)c3ccccc3c(-c3cc4c(ccc5c6ccccc6oc54)c4c3oc3ccccc34)c2=CCC1. The summed E-state index contributed by atoms with van der Waals surface area (Å²) in [5.74, 6) is 0. The number of hydrogen-bond donors (Lipinski definition) is 0. The summed E-state index contributed by atoms with van der Waals surface area (Å²) in [5.41, 5.74) is 10.9. The second-order valence-corrected chi connectivity index (χ2v) is 14.6. The van der Waals surface area contributed by atoms with Crippen LogP contribution in [0.25, 0.3) is 122 Å². The first-order valence-corrected chi connectivity index (χ1v) is 18.8. The lowest BCUT2D eigenvalue weighted by Crippen LogP contribution is -2.31. The highest BCUT2D eigenvalue weighted by atomic mass is 16.3. The summed E-state index contributed by atoms with van der Waals surface area (Å²) in [5, 5.41) is 14.3. The van der Waals surface area contributed by atoms with Crippen molar-refractivity contribution < 1.29 is 8.83 Å². The molecule has 0 fully saturated rings. The summed E-state index contributed by atoms with van der Waals surface area (Å²) in [7, 11) is 0. The summed E-state index contributed by atoms with van der Waals surface area (Å²) >= 11 is 0. The zero-order valence-corrected chi connectivity index (χ0v) is 29.4. The minimum Gasteiger partial charge on any atom is -0.455 e. The van der Waals surface area contributed by atoms with Crippen molar-refractivity contribution in [2.24, 2.45) is 0 Å². The van der Waals surface area contributed by atoms with E-state index >= 15 is 0 Å². The molecule has 12 rings (SSSR count). The van der Waals surface area contributed by atoms with E-state index in [4.69, 9.17) is 8.83 Å². The molecule has 0 N–H and O–H groups in total. The summed E-state index contributed by atoms with van der Waals surface area (Å²) < 4.78 is 13.6. The Morgan fingerprint density at radius 3 is 1.80 bits per heavy atom. The van der Waals surface area contributed by atoms with Gasteiger partial charge in [-0.3, -0.25) is 0 Å². The molecule has 2 aromatic heterocycles. The minimum atomic E-state index is 0.891. The molecule has 0 saturated carbocycles. The fourth-order valence-corrected chi connectivity index (χ4v) is 9.25. The van der Waals surface area contributed by atoms with Crippen molar-refractivity contribution in [1.29, 1.82) is 0 Å². The van der Waals surface area contributed by atoms with Gasteiger partial charge in [0.15, 0.2) is 0 Å². The van der Waals surface area contributed by atoms with Gasteiger partial charge in [0, 0.05) is 38.1 Å². The third-order valence-corrected chi connectivity index (χ3v) is 11.6. The molecule has 1 aliphatic carbocycles. The van der Waals surface area contributed by atoms with E-state index in [9.17, 15) is 0 Å². The van der Waals surface area contributed by atoms with Gasteiger partial charge >= 0.3 is 0 Å². The van der Waals surface area contributed by atoms with Gasteiger partial charge in [0.1, 0.15) is 22.3 Å². The maximum absolute atomic E-state index is 6.91. The Labute approximate surface area is 310 Å². The summed E-state index contributed by atoms with van der Waals surface area (Å²) in [6.45, 7) is 0. The zero-order valence-electron chi connectivity index (χ0n) is 29.4. The second-order valence-electron chi connectivity index (χ2n) is 14.6. The van der Waals surface area contributed by atoms with E-state index in [1.165, 1.54) is 59.8 Å². The molecule has 0 saturated heterocycles. The van der Waals surface area contributed by atoms with Gasteiger partial charge in [0.25, 0.3) is 0 Å². The number of fused-ring (bicyclic) bond motifs is 12. The predicted molar refractivity (Wildman–Crippen MR) is 227 cm³/mol. The molecule has 0 aliphatic heterocycles. The van der Waals surface area contributed by atoms with E-state index in [0.717, 1.165) is 73.1 Å². The molecular weight excluding hydrogens is 657 g/mol. The Morgan fingerprint density at radius 1 is 0.352 bits per heavy atom. The average molecular weight is 689 g/mol. The van der Waals surface area contributed by atoms with E-state index in [0.29, 0.717) is 0 Å². The minimum absolute atomic E-state index is 0.891. The molecule has 0 unspecified atom stereocenters. The lowest BCUT2D eigenvalue weighted by Gasteiger charge is -2.19. The number of hydrogen-bond acceptors (Lipinski definition) is 2. The van der Waals surface area contributed by atoms with Crippen LogP contribution >= 0.6 is 0 Å². The van der Waals surface area contributed by atoms with Gasteiger partial charge in [-0.1, -0.05) is 133 Å². The van der Waals surface area contributed by atoms with Crippen LogP contribution in [0.3, 0.4) is 0 Å². The van der Waals surface area contributed by atoms with Gasteiger partial charge < -0.3 is 8.83 Å². The maximum Gasteiger partial charge on any atom is 0.143 e. The van der Waals surface area contributed by atoms with E-state index in [-0.39, 0.29) is 0 Å². The van der Waals surface area contributed by atoms with Crippen molar-refractivity contribution in [2.75, 3.05) is 0 Å². The first-order chi connectivity index (χ1) is 26.8. The molecule has 54 heavy (non-hydrogen) atoms. The first-order valence-electron chi connectivity index (χ1n) is 18.8. The number of furan rings is 2. The van der Waals surface area contributed by atoms with Crippen LogP contribution in [0.4, 0.5) is 0 Å². The molecule has 2 heterocycles. The fourth-order valence-electron chi connectivity index (χ4n) is 9.25. The average Bonchev–Trinajstić information content (AvgIpc) is 3.82. The highest BCUT2D eigenvalue weighted by Gasteiger charge is 2.23. The third-order valence-electron chi connectivity index (χ3n) is 11.6. The quantitative estimate of drug-likeness (QED) is 0.185. The topological polar surface area (TPSA) is 26.3 Å². The van der Waals surface area contributed by atoms with Gasteiger partial charge in [0.2, 0.25) is 0 Å². The Morgan fingerprint density at radius 2 is 0.963 bits per heavy atom. The third kappa shape index (κ3) is 4.22. The molecule has 9 aromatic carbocycles. The summed E-state index contributed by atoms with van der Waals surface area (Å²) in [6.07, 6.45) is 6.89. The Bertz CT molecular complexity index is 3500. The fraction of sp³-hybridized carbons (Fsp3) is 0.0385. The van der Waals surface area contributed by atoms with Gasteiger partial charge in [-0.15, -0.1) is 0 Å². The highest BCUT2D eigenvalue weighted by Crippen LogP contribution is 2.45. The van der Waals surface area contributed by atoms with Crippen LogP contribution in [0, 0.1) is 0 Å². The summed E-state index contributed by atoms with van der Waals surface area (Å²) in [6, 6.07) is 57.0. The molecule has 0 spiro atoms. The number of para-hydroxylation sites is 2. The lowest BCUT2D eigenvalue weighted by atomic mass is 9.84. The molecule has 252 valence electrons. The van der Waals surface area contributed by atoms with Gasteiger partial charge in [-0.05, 0) is 109 Å². The standard InChI is InChI=1S/C52H32O2/c1-2-13-32-28-34(25-24-31(32)12-1)33-14-11-15-35(29-33)48-37-17-3-5-19-39(37)49(40-20-6-4-18-38(40)48)45-30-44-41(50-43-21-8-10-23-47(43)54-52(45)50)26-27-42-36-16-7-9-22-46(36)53-51(42)44/h1-3,5,7-30H,4,6H2. The van der Waals surface area contributed by atoms with Crippen LogP contribution in [0.2, 0.25) is 0 Å². The van der Waals surface area contributed by atoms with Gasteiger partial charge in [-0.2, -0.15) is 0 Å². The highest BCUT2D eigenvalue weighted by molar-refractivity contribution is 6.28. The van der Waals surface area contributed by atoms with Crippen molar-refractivity contribution in [1.82, 2.24) is 0 Å². The first kappa shape index (κ1) is 29.7. The van der Waals surface area contributed by atoms with E-state index < -0.39 is 0 Å². The van der Waals surface area contributed by atoms with Crippen LogP contribution in [0.15, 0.2) is 167 Å². The van der Waals surface area contributed by atoms with E-state index in [1.807, 2.05) is 6.07 Å². The largest absolute Gasteiger partial charge is 0.455 e.